The summed E-state index contributed by atoms with van der Waals surface area (Å²) in [6.45, 7) is 4.06. The van der Waals surface area contributed by atoms with Crippen molar-refractivity contribution in [2.45, 2.75) is 20.3 Å². The molecule has 19 heavy (non-hydrogen) atoms. The van der Waals surface area contributed by atoms with Gasteiger partial charge in [0.25, 0.3) is 0 Å². The number of carbonyl (C=O) groups is 1. The van der Waals surface area contributed by atoms with Crippen LogP contribution in [0.1, 0.15) is 16.8 Å². The lowest BCUT2D eigenvalue weighted by Gasteiger charge is -2.09. The molecule has 0 saturated heterocycles. The van der Waals surface area contributed by atoms with E-state index >= 15 is 0 Å². The minimum absolute atomic E-state index is 0.0519. The molecule has 5 heteroatoms. The van der Waals surface area contributed by atoms with Crippen LogP contribution < -0.4 is 4.74 Å². The van der Waals surface area contributed by atoms with E-state index in [1.807, 2.05) is 26.0 Å². The molecular weight excluding hydrogens is 262 g/mol. The van der Waals surface area contributed by atoms with Gasteiger partial charge < -0.3 is 9.84 Å². The Hall–Kier alpha value is -1.88. The summed E-state index contributed by atoms with van der Waals surface area (Å²) in [5.74, 6) is -0.108. The van der Waals surface area contributed by atoms with Crippen molar-refractivity contribution in [3.05, 3.63) is 34.3 Å². The second kappa shape index (κ2) is 5.40. The smallest absolute Gasteiger partial charge is 0.309 e. The van der Waals surface area contributed by atoms with Crippen LogP contribution in [0.4, 0.5) is 0 Å². The number of carboxylic acids is 1. The fourth-order valence-corrected chi connectivity index (χ4v) is 2.63. The zero-order valence-electron chi connectivity index (χ0n) is 11.1. The van der Waals surface area contributed by atoms with E-state index in [1.165, 1.54) is 11.3 Å². The van der Waals surface area contributed by atoms with Crippen LogP contribution in [0.2, 0.25) is 0 Å². The number of carboxylic acid groups (broad SMARTS) is 1. The number of benzene rings is 1. The summed E-state index contributed by atoms with van der Waals surface area (Å²) in [4.78, 5) is 15.0. The first-order chi connectivity index (χ1) is 9.01. The zero-order valence-corrected chi connectivity index (χ0v) is 11.9. The summed E-state index contributed by atoms with van der Waals surface area (Å²) in [5, 5.41) is 11.3. The molecule has 0 aliphatic heterocycles. The SMILES string of the molecule is COc1cc(C)c(C)cc1-c1nc(CC(=O)O)cs1. The van der Waals surface area contributed by atoms with Crippen LogP contribution in [-0.4, -0.2) is 23.2 Å². The van der Waals surface area contributed by atoms with Gasteiger partial charge in [-0.1, -0.05) is 0 Å². The summed E-state index contributed by atoms with van der Waals surface area (Å²) in [5.41, 5.74) is 3.80. The van der Waals surface area contributed by atoms with Crippen LogP contribution in [-0.2, 0) is 11.2 Å². The van der Waals surface area contributed by atoms with E-state index in [-0.39, 0.29) is 6.42 Å². The number of aromatic nitrogens is 1. The fourth-order valence-electron chi connectivity index (χ4n) is 1.79. The molecule has 100 valence electrons. The monoisotopic (exact) mass is 277 g/mol. The molecule has 2 rings (SSSR count). The quantitative estimate of drug-likeness (QED) is 0.933. The first-order valence-electron chi connectivity index (χ1n) is 5.83. The van der Waals surface area contributed by atoms with Crippen molar-refractivity contribution in [1.82, 2.24) is 4.98 Å². The van der Waals surface area contributed by atoms with E-state index in [0.717, 1.165) is 27.4 Å². The largest absolute Gasteiger partial charge is 0.496 e. The molecule has 0 aliphatic rings. The molecule has 0 bridgehead atoms. The Labute approximate surface area is 115 Å². The normalized spacial score (nSPS) is 10.5. The lowest BCUT2D eigenvalue weighted by atomic mass is 10.1. The summed E-state index contributed by atoms with van der Waals surface area (Å²) >= 11 is 1.43. The molecule has 0 saturated carbocycles. The Morgan fingerprint density at radius 3 is 2.68 bits per heavy atom. The first kappa shape index (κ1) is 13.5. The fraction of sp³-hybridized carbons (Fsp3) is 0.286. The molecule has 0 aliphatic carbocycles. The van der Waals surface area contributed by atoms with Crippen LogP contribution >= 0.6 is 11.3 Å². The number of rotatable bonds is 4. The van der Waals surface area contributed by atoms with Gasteiger partial charge >= 0.3 is 5.97 Å². The Morgan fingerprint density at radius 2 is 2.05 bits per heavy atom. The molecule has 4 nitrogen and oxygen atoms in total. The summed E-state index contributed by atoms with van der Waals surface area (Å²) < 4.78 is 5.38. The third-order valence-corrected chi connectivity index (χ3v) is 3.85. The maximum Gasteiger partial charge on any atom is 0.309 e. The van der Waals surface area contributed by atoms with E-state index in [2.05, 4.69) is 4.98 Å². The van der Waals surface area contributed by atoms with E-state index in [4.69, 9.17) is 9.84 Å². The van der Waals surface area contributed by atoms with Gasteiger partial charge in [0.2, 0.25) is 0 Å². The summed E-state index contributed by atoms with van der Waals surface area (Å²) in [6, 6.07) is 4.00. The van der Waals surface area contributed by atoms with Gasteiger partial charge in [-0.3, -0.25) is 4.79 Å². The van der Waals surface area contributed by atoms with Crippen molar-refractivity contribution in [3.8, 4) is 16.3 Å². The van der Waals surface area contributed by atoms with Crippen LogP contribution in [0.25, 0.3) is 10.6 Å². The highest BCUT2D eigenvalue weighted by atomic mass is 32.1. The van der Waals surface area contributed by atoms with Crippen LogP contribution in [0.5, 0.6) is 5.75 Å². The van der Waals surface area contributed by atoms with Crippen molar-refractivity contribution in [2.24, 2.45) is 0 Å². The number of aliphatic carboxylic acids is 1. The van der Waals surface area contributed by atoms with Gasteiger partial charge in [-0.25, -0.2) is 4.98 Å². The van der Waals surface area contributed by atoms with Crippen LogP contribution in [0.15, 0.2) is 17.5 Å². The predicted molar refractivity (Wildman–Crippen MR) is 74.9 cm³/mol. The Kier molecular flexibility index (Phi) is 3.85. The molecule has 2 aromatic rings. The molecule has 0 radical (unpaired) electrons. The van der Waals surface area contributed by atoms with Crippen molar-refractivity contribution < 1.29 is 14.6 Å². The highest BCUT2D eigenvalue weighted by molar-refractivity contribution is 7.13. The van der Waals surface area contributed by atoms with Gasteiger partial charge in [0.1, 0.15) is 10.8 Å². The first-order valence-corrected chi connectivity index (χ1v) is 6.71. The highest BCUT2D eigenvalue weighted by Crippen LogP contribution is 2.34. The van der Waals surface area contributed by atoms with Gasteiger partial charge in [0.15, 0.2) is 0 Å². The number of nitrogens with zero attached hydrogens (tertiary/aromatic N) is 1. The van der Waals surface area contributed by atoms with Crippen molar-refractivity contribution in [2.75, 3.05) is 7.11 Å². The molecule has 0 atom stereocenters. The molecule has 0 amide bonds. The zero-order chi connectivity index (χ0) is 14.0. The maximum absolute atomic E-state index is 10.7. The van der Waals surface area contributed by atoms with E-state index < -0.39 is 5.97 Å². The predicted octanol–water partition coefficient (Wildman–Crippen LogP) is 3.06. The van der Waals surface area contributed by atoms with Crippen LogP contribution in [0.3, 0.4) is 0 Å². The van der Waals surface area contributed by atoms with Gasteiger partial charge in [0.05, 0.1) is 24.8 Å². The Balaban J connectivity index is 2.43. The minimum Gasteiger partial charge on any atom is -0.496 e. The van der Waals surface area contributed by atoms with Gasteiger partial charge in [-0.15, -0.1) is 11.3 Å². The van der Waals surface area contributed by atoms with Crippen molar-refractivity contribution in [1.29, 1.82) is 0 Å². The number of hydrogen-bond donors (Lipinski definition) is 1. The molecule has 1 N–H and O–H groups in total. The van der Waals surface area contributed by atoms with Crippen molar-refractivity contribution in [3.63, 3.8) is 0 Å². The average Bonchev–Trinajstić information content (AvgIpc) is 2.79. The standard InChI is InChI=1S/C14H15NO3S/c1-8-4-11(12(18-3)5-9(8)2)14-15-10(7-19-14)6-13(16)17/h4-5,7H,6H2,1-3H3,(H,16,17). The molecule has 1 aromatic heterocycles. The number of ether oxygens (including phenoxy) is 1. The van der Waals surface area contributed by atoms with Gasteiger partial charge in [-0.2, -0.15) is 0 Å². The van der Waals surface area contributed by atoms with E-state index in [0.29, 0.717) is 5.69 Å². The molecule has 1 heterocycles. The number of methoxy groups -OCH3 is 1. The van der Waals surface area contributed by atoms with E-state index in [1.54, 1.807) is 12.5 Å². The summed E-state index contributed by atoms with van der Waals surface area (Å²) in [6.07, 6.45) is -0.0519. The second-order valence-electron chi connectivity index (χ2n) is 4.35. The third-order valence-electron chi connectivity index (χ3n) is 2.93. The number of thiazole rings is 1. The highest BCUT2D eigenvalue weighted by Gasteiger charge is 2.13. The average molecular weight is 277 g/mol. The lowest BCUT2D eigenvalue weighted by Crippen LogP contribution is -2.00. The maximum atomic E-state index is 10.7. The number of hydrogen-bond acceptors (Lipinski definition) is 4. The molecular formula is C14H15NO3S. The number of aryl methyl sites for hydroxylation is 2. The molecule has 0 spiro atoms. The Bertz CT molecular complexity index is 619. The second-order valence-corrected chi connectivity index (χ2v) is 5.21. The van der Waals surface area contributed by atoms with E-state index in [9.17, 15) is 4.79 Å². The molecule has 1 aromatic carbocycles. The Morgan fingerprint density at radius 1 is 1.37 bits per heavy atom. The van der Waals surface area contributed by atoms with Crippen LogP contribution in [0, 0.1) is 13.8 Å². The van der Waals surface area contributed by atoms with Crippen molar-refractivity contribution >= 4 is 17.3 Å². The third kappa shape index (κ3) is 2.93. The lowest BCUT2D eigenvalue weighted by molar-refractivity contribution is -0.136. The van der Waals surface area contributed by atoms with Gasteiger partial charge in [-0.05, 0) is 37.1 Å². The minimum atomic E-state index is -0.871. The molecule has 0 fully saturated rings. The summed E-state index contributed by atoms with van der Waals surface area (Å²) in [7, 11) is 1.62. The topological polar surface area (TPSA) is 59.4 Å². The molecule has 0 unspecified atom stereocenters. The van der Waals surface area contributed by atoms with Gasteiger partial charge in [0, 0.05) is 5.38 Å².